The molecule has 0 spiro atoms. The molecule has 2 aromatic rings. The van der Waals surface area contributed by atoms with Crippen LogP contribution in [0.3, 0.4) is 0 Å². The van der Waals surface area contributed by atoms with Crippen LogP contribution >= 0.6 is 11.6 Å². The molecule has 0 aliphatic carbocycles. The molecular formula is C15H16ClNO. The fraction of sp³-hybridized carbons (Fsp3) is 0.200. The van der Waals surface area contributed by atoms with Crippen molar-refractivity contribution in [1.82, 2.24) is 0 Å². The van der Waals surface area contributed by atoms with Crippen LogP contribution in [0.2, 0.25) is 5.02 Å². The van der Waals surface area contributed by atoms with E-state index in [0.717, 1.165) is 29.0 Å². The van der Waals surface area contributed by atoms with Crippen molar-refractivity contribution in [2.45, 2.75) is 13.3 Å². The van der Waals surface area contributed by atoms with Gasteiger partial charge in [-0.2, -0.15) is 0 Å². The SMILES string of the molecule is Cc1ccc(Cl)cc1Oc1ccccc1CCN. The average molecular weight is 262 g/mol. The Morgan fingerprint density at radius 3 is 2.67 bits per heavy atom. The smallest absolute Gasteiger partial charge is 0.131 e. The largest absolute Gasteiger partial charge is 0.457 e. The summed E-state index contributed by atoms with van der Waals surface area (Å²) in [6.45, 7) is 2.60. The second kappa shape index (κ2) is 5.89. The molecule has 2 N–H and O–H groups in total. The predicted molar refractivity (Wildman–Crippen MR) is 75.5 cm³/mol. The second-order valence-electron chi connectivity index (χ2n) is 4.16. The minimum Gasteiger partial charge on any atom is -0.457 e. The lowest BCUT2D eigenvalue weighted by Crippen LogP contribution is -2.04. The van der Waals surface area contributed by atoms with Crippen LogP contribution in [0, 0.1) is 6.92 Å². The van der Waals surface area contributed by atoms with E-state index in [9.17, 15) is 0 Å². The van der Waals surface area contributed by atoms with Gasteiger partial charge in [0.2, 0.25) is 0 Å². The van der Waals surface area contributed by atoms with Gasteiger partial charge in [-0.25, -0.2) is 0 Å². The third kappa shape index (κ3) is 3.03. The summed E-state index contributed by atoms with van der Waals surface area (Å²) in [7, 11) is 0. The first-order chi connectivity index (χ1) is 8.70. The molecule has 2 aromatic carbocycles. The Morgan fingerprint density at radius 2 is 1.89 bits per heavy atom. The second-order valence-corrected chi connectivity index (χ2v) is 4.59. The van der Waals surface area contributed by atoms with Crippen LogP contribution in [-0.4, -0.2) is 6.54 Å². The van der Waals surface area contributed by atoms with E-state index in [0.29, 0.717) is 11.6 Å². The minimum absolute atomic E-state index is 0.606. The normalized spacial score (nSPS) is 10.4. The summed E-state index contributed by atoms with van der Waals surface area (Å²) in [5.41, 5.74) is 7.77. The highest BCUT2D eigenvalue weighted by atomic mass is 35.5. The van der Waals surface area contributed by atoms with Gasteiger partial charge in [0.05, 0.1) is 0 Å². The molecule has 0 aromatic heterocycles. The van der Waals surface area contributed by atoms with E-state index in [-0.39, 0.29) is 0 Å². The Balaban J connectivity index is 2.30. The Bertz CT molecular complexity index is 540. The molecule has 2 rings (SSSR count). The maximum Gasteiger partial charge on any atom is 0.131 e. The van der Waals surface area contributed by atoms with Crippen molar-refractivity contribution >= 4 is 11.6 Å². The van der Waals surface area contributed by atoms with Crippen molar-refractivity contribution in [2.75, 3.05) is 6.54 Å². The van der Waals surface area contributed by atoms with Gasteiger partial charge < -0.3 is 10.5 Å². The van der Waals surface area contributed by atoms with E-state index >= 15 is 0 Å². The number of nitrogens with two attached hydrogens (primary N) is 1. The summed E-state index contributed by atoms with van der Waals surface area (Å²) < 4.78 is 5.93. The first kappa shape index (κ1) is 12.9. The number of benzene rings is 2. The Hall–Kier alpha value is -1.51. The lowest BCUT2D eigenvalue weighted by Gasteiger charge is -2.12. The molecular weight excluding hydrogens is 246 g/mol. The molecule has 0 radical (unpaired) electrons. The molecule has 0 saturated heterocycles. The van der Waals surface area contributed by atoms with Crippen molar-refractivity contribution in [2.24, 2.45) is 5.73 Å². The first-order valence-corrected chi connectivity index (χ1v) is 6.30. The van der Waals surface area contributed by atoms with Gasteiger partial charge >= 0.3 is 0 Å². The van der Waals surface area contributed by atoms with E-state index in [1.165, 1.54) is 0 Å². The van der Waals surface area contributed by atoms with E-state index in [1.54, 1.807) is 0 Å². The van der Waals surface area contributed by atoms with E-state index in [2.05, 4.69) is 0 Å². The lowest BCUT2D eigenvalue weighted by atomic mass is 10.1. The van der Waals surface area contributed by atoms with Crippen LogP contribution in [0.5, 0.6) is 11.5 Å². The molecule has 94 valence electrons. The monoisotopic (exact) mass is 261 g/mol. The zero-order valence-corrected chi connectivity index (χ0v) is 11.1. The quantitative estimate of drug-likeness (QED) is 0.905. The van der Waals surface area contributed by atoms with E-state index < -0.39 is 0 Å². The van der Waals surface area contributed by atoms with Gasteiger partial charge in [0.25, 0.3) is 0 Å². The molecule has 18 heavy (non-hydrogen) atoms. The number of ether oxygens (including phenoxy) is 1. The van der Waals surface area contributed by atoms with E-state index in [4.69, 9.17) is 22.1 Å². The molecule has 3 heteroatoms. The lowest BCUT2D eigenvalue weighted by molar-refractivity contribution is 0.472. The van der Waals surface area contributed by atoms with Gasteiger partial charge in [0.15, 0.2) is 0 Å². The zero-order chi connectivity index (χ0) is 13.0. The van der Waals surface area contributed by atoms with Gasteiger partial charge in [0.1, 0.15) is 11.5 Å². The number of hydrogen-bond acceptors (Lipinski definition) is 2. The molecule has 0 fully saturated rings. The number of rotatable bonds is 4. The van der Waals surface area contributed by atoms with Crippen molar-refractivity contribution < 1.29 is 4.74 Å². The number of halogens is 1. The Labute approximate surface area is 112 Å². The summed E-state index contributed by atoms with van der Waals surface area (Å²) in [5.74, 6) is 1.63. The summed E-state index contributed by atoms with van der Waals surface area (Å²) in [6, 6.07) is 13.6. The molecule has 0 heterocycles. The minimum atomic E-state index is 0.606. The van der Waals surface area contributed by atoms with Gasteiger partial charge in [-0.1, -0.05) is 35.9 Å². The third-order valence-electron chi connectivity index (χ3n) is 2.76. The van der Waals surface area contributed by atoms with Crippen molar-refractivity contribution in [3.8, 4) is 11.5 Å². The molecule has 0 unspecified atom stereocenters. The van der Waals surface area contributed by atoms with Crippen molar-refractivity contribution in [1.29, 1.82) is 0 Å². The highest BCUT2D eigenvalue weighted by Gasteiger charge is 2.06. The number of hydrogen-bond donors (Lipinski definition) is 1. The summed E-state index contributed by atoms with van der Waals surface area (Å²) in [4.78, 5) is 0. The maximum atomic E-state index is 5.98. The fourth-order valence-corrected chi connectivity index (χ4v) is 1.93. The van der Waals surface area contributed by atoms with Crippen LogP contribution in [0.25, 0.3) is 0 Å². The van der Waals surface area contributed by atoms with Crippen LogP contribution in [0.4, 0.5) is 0 Å². The topological polar surface area (TPSA) is 35.2 Å². The summed E-state index contributed by atoms with van der Waals surface area (Å²) in [6.07, 6.45) is 0.801. The Morgan fingerprint density at radius 1 is 1.11 bits per heavy atom. The van der Waals surface area contributed by atoms with E-state index in [1.807, 2.05) is 49.4 Å². The zero-order valence-electron chi connectivity index (χ0n) is 10.3. The molecule has 0 aliphatic heterocycles. The average Bonchev–Trinajstić information content (AvgIpc) is 2.36. The van der Waals surface area contributed by atoms with Crippen LogP contribution in [-0.2, 0) is 6.42 Å². The van der Waals surface area contributed by atoms with Crippen molar-refractivity contribution in [3.05, 3.63) is 58.6 Å². The number of para-hydroxylation sites is 1. The highest BCUT2D eigenvalue weighted by Crippen LogP contribution is 2.30. The van der Waals surface area contributed by atoms with Crippen molar-refractivity contribution in [3.63, 3.8) is 0 Å². The van der Waals surface area contributed by atoms with Gasteiger partial charge in [-0.3, -0.25) is 0 Å². The molecule has 0 amide bonds. The molecule has 2 nitrogen and oxygen atoms in total. The standard InChI is InChI=1S/C15H16ClNO/c1-11-6-7-13(16)10-15(11)18-14-5-3-2-4-12(14)8-9-17/h2-7,10H,8-9,17H2,1H3. The Kier molecular flexibility index (Phi) is 4.24. The van der Waals surface area contributed by atoms with Crippen LogP contribution in [0.1, 0.15) is 11.1 Å². The maximum absolute atomic E-state index is 5.98. The first-order valence-electron chi connectivity index (χ1n) is 5.92. The number of aryl methyl sites for hydroxylation is 1. The predicted octanol–water partition coefficient (Wildman–Crippen LogP) is 3.94. The van der Waals surface area contributed by atoms with Gasteiger partial charge in [0, 0.05) is 5.02 Å². The van der Waals surface area contributed by atoms with Gasteiger partial charge in [-0.15, -0.1) is 0 Å². The third-order valence-corrected chi connectivity index (χ3v) is 2.99. The fourth-order valence-electron chi connectivity index (χ4n) is 1.77. The molecule has 0 atom stereocenters. The van der Waals surface area contributed by atoms with Gasteiger partial charge in [-0.05, 0) is 49.2 Å². The van der Waals surface area contributed by atoms with Crippen LogP contribution < -0.4 is 10.5 Å². The summed E-state index contributed by atoms with van der Waals surface area (Å²) in [5, 5.41) is 0.673. The summed E-state index contributed by atoms with van der Waals surface area (Å²) >= 11 is 5.98. The molecule has 0 saturated carbocycles. The molecule has 0 bridgehead atoms. The molecule has 0 aliphatic rings. The van der Waals surface area contributed by atoms with Crippen LogP contribution in [0.15, 0.2) is 42.5 Å². The highest BCUT2D eigenvalue weighted by molar-refractivity contribution is 6.30.